The van der Waals surface area contributed by atoms with Gasteiger partial charge in [0.05, 0.1) is 28.7 Å². The lowest BCUT2D eigenvalue weighted by Crippen LogP contribution is -2.56. The maximum absolute atomic E-state index is 13.6. The van der Waals surface area contributed by atoms with Crippen LogP contribution in [0.2, 0.25) is 0 Å². The number of fused-ring (bicyclic) bond motifs is 9. The van der Waals surface area contributed by atoms with E-state index in [1.165, 1.54) is 5.56 Å². The number of nitrogens with zero attached hydrogens (tertiary/aromatic N) is 5. The van der Waals surface area contributed by atoms with Crippen molar-refractivity contribution in [1.82, 2.24) is 24.4 Å². The zero-order valence-corrected chi connectivity index (χ0v) is 21.7. The van der Waals surface area contributed by atoms with Gasteiger partial charge in [-0.1, -0.05) is 25.1 Å². The molecule has 8 rings (SSSR count). The fourth-order valence-electron chi connectivity index (χ4n) is 7.17. The number of carbonyl (C=O) groups is 1. The molecule has 4 aromatic rings. The van der Waals surface area contributed by atoms with Crippen molar-refractivity contribution in [3.05, 3.63) is 77.1 Å². The first-order valence-electron chi connectivity index (χ1n) is 13.5. The van der Waals surface area contributed by atoms with E-state index >= 15 is 0 Å². The van der Waals surface area contributed by atoms with Gasteiger partial charge in [0.2, 0.25) is 0 Å². The van der Waals surface area contributed by atoms with E-state index in [1.54, 1.807) is 12.4 Å². The van der Waals surface area contributed by atoms with Gasteiger partial charge in [0.1, 0.15) is 11.6 Å². The summed E-state index contributed by atoms with van der Waals surface area (Å²) in [6.07, 6.45) is 4.40. The fourth-order valence-corrected chi connectivity index (χ4v) is 7.17. The van der Waals surface area contributed by atoms with Crippen LogP contribution in [0.4, 0.5) is 8.78 Å². The number of benzene rings is 2. The second-order valence-corrected chi connectivity index (χ2v) is 12.0. The van der Waals surface area contributed by atoms with Gasteiger partial charge in [0.25, 0.3) is 11.8 Å². The molecule has 9 heteroatoms. The summed E-state index contributed by atoms with van der Waals surface area (Å²) < 4.78 is 29.3. The Bertz CT molecular complexity index is 1690. The third kappa shape index (κ3) is 3.22. The van der Waals surface area contributed by atoms with Gasteiger partial charge < -0.3 is 15.2 Å². The molecule has 0 radical (unpaired) electrons. The van der Waals surface area contributed by atoms with Crippen molar-refractivity contribution in [1.29, 1.82) is 0 Å². The standard InChI is InChI=1S/C30H28F2N6O/c1-15-8-20(15)18-4-3-5-19-25(18)23-10-24(37(2)27(19)39)26-36-21-7-6-16(9-22(21)38(23)26)17-11-34-28(35-12-17)29(33)13-30(31,32)14-29/h3-7,9,11-12,15,20,23-24H,8,10,13-14,33H2,1-2H3/t15-,20-,23+,24+/m0/s1. The lowest BCUT2D eigenvalue weighted by atomic mass is 9.73. The normalized spacial score (nSPS) is 27.6. The molecule has 0 saturated heterocycles. The Morgan fingerprint density at radius 1 is 1.03 bits per heavy atom. The van der Waals surface area contributed by atoms with Crippen LogP contribution >= 0.6 is 0 Å². The number of carbonyl (C=O) groups excluding carboxylic acids is 1. The maximum Gasteiger partial charge on any atom is 0.254 e. The molecule has 39 heavy (non-hydrogen) atoms. The van der Waals surface area contributed by atoms with Gasteiger partial charge in [-0.05, 0) is 53.1 Å². The van der Waals surface area contributed by atoms with Crippen LogP contribution < -0.4 is 5.73 Å². The first kappa shape index (κ1) is 23.2. The highest BCUT2D eigenvalue weighted by atomic mass is 19.3. The van der Waals surface area contributed by atoms with Gasteiger partial charge in [-0.15, -0.1) is 0 Å². The lowest BCUT2D eigenvalue weighted by molar-refractivity contribution is -0.127. The molecule has 2 aromatic heterocycles. The molecule has 7 nitrogen and oxygen atoms in total. The predicted molar refractivity (Wildman–Crippen MR) is 141 cm³/mol. The first-order valence-corrected chi connectivity index (χ1v) is 13.5. The largest absolute Gasteiger partial charge is 0.331 e. The van der Waals surface area contributed by atoms with Crippen molar-refractivity contribution in [3.63, 3.8) is 0 Å². The van der Waals surface area contributed by atoms with Gasteiger partial charge in [-0.3, -0.25) is 4.79 Å². The molecule has 2 aromatic carbocycles. The highest BCUT2D eigenvalue weighted by Gasteiger charge is 2.57. The Hall–Kier alpha value is -3.72. The Morgan fingerprint density at radius 2 is 1.77 bits per heavy atom. The molecular formula is C30H28F2N6O. The van der Waals surface area contributed by atoms with E-state index in [9.17, 15) is 13.6 Å². The second-order valence-electron chi connectivity index (χ2n) is 12.0. The number of amides is 1. The average Bonchev–Trinajstić information content (AvgIpc) is 3.38. The summed E-state index contributed by atoms with van der Waals surface area (Å²) in [5.41, 5.74) is 11.8. The first-order chi connectivity index (χ1) is 18.6. The van der Waals surface area contributed by atoms with E-state index in [2.05, 4.69) is 33.6 Å². The molecule has 2 N–H and O–H groups in total. The second kappa shape index (κ2) is 7.47. The van der Waals surface area contributed by atoms with Crippen molar-refractivity contribution >= 4 is 16.9 Å². The minimum Gasteiger partial charge on any atom is -0.331 e. The summed E-state index contributed by atoms with van der Waals surface area (Å²) in [6, 6.07) is 12.2. The number of aromatic nitrogens is 4. The molecule has 0 spiro atoms. The number of hydrogen-bond acceptors (Lipinski definition) is 5. The number of rotatable bonds is 3. The monoisotopic (exact) mass is 526 g/mol. The van der Waals surface area contributed by atoms with E-state index in [1.807, 2.05) is 36.2 Å². The van der Waals surface area contributed by atoms with E-state index in [0.717, 1.165) is 52.0 Å². The van der Waals surface area contributed by atoms with E-state index in [0.29, 0.717) is 11.8 Å². The van der Waals surface area contributed by atoms with Crippen LogP contribution in [-0.4, -0.2) is 43.3 Å². The zero-order chi connectivity index (χ0) is 26.8. The number of imidazole rings is 1. The summed E-state index contributed by atoms with van der Waals surface area (Å²) in [5.74, 6) is -0.422. The fraction of sp³-hybridized carbons (Fsp3) is 0.400. The molecule has 2 saturated carbocycles. The number of halogens is 2. The van der Waals surface area contributed by atoms with Crippen molar-refractivity contribution < 1.29 is 13.6 Å². The highest BCUT2D eigenvalue weighted by molar-refractivity contribution is 5.97. The van der Waals surface area contributed by atoms with E-state index in [4.69, 9.17) is 10.7 Å². The molecular weight excluding hydrogens is 498 g/mol. The smallest absolute Gasteiger partial charge is 0.254 e. The summed E-state index contributed by atoms with van der Waals surface area (Å²) in [6.45, 7) is 2.27. The molecule has 2 aliphatic carbocycles. The van der Waals surface area contributed by atoms with Gasteiger partial charge >= 0.3 is 0 Å². The molecule has 0 unspecified atom stereocenters. The Balaban J connectivity index is 1.23. The Kier molecular flexibility index (Phi) is 4.44. The van der Waals surface area contributed by atoms with Crippen molar-refractivity contribution in [2.75, 3.05) is 7.05 Å². The topological polar surface area (TPSA) is 89.9 Å². The van der Waals surface area contributed by atoms with Crippen LogP contribution in [0.25, 0.3) is 22.2 Å². The SMILES string of the molecule is C[C@H]1C[C@@H]1c1cccc2c1[C@H]1C[C@H](c3nc4ccc(-c5cnc(C6(N)CC(F)(F)C6)nc5)cc4n31)N(C)C2=O. The lowest BCUT2D eigenvalue weighted by Gasteiger charge is -2.42. The molecule has 2 bridgehead atoms. The van der Waals surface area contributed by atoms with E-state index in [-0.39, 0.29) is 23.8 Å². The predicted octanol–water partition coefficient (Wildman–Crippen LogP) is 5.32. The van der Waals surface area contributed by atoms with Crippen LogP contribution in [0.15, 0.2) is 48.8 Å². The van der Waals surface area contributed by atoms with Gasteiger partial charge in [-0.25, -0.2) is 23.7 Å². The van der Waals surface area contributed by atoms with Crippen LogP contribution in [0.3, 0.4) is 0 Å². The van der Waals surface area contributed by atoms with Crippen LogP contribution in [-0.2, 0) is 5.54 Å². The number of alkyl halides is 2. The summed E-state index contributed by atoms with van der Waals surface area (Å²) in [7, 11) is 1.88. The number of hydrogen-bond donors (Lipinski definition) is 1. The molecule has 4 aliphatic rings. The van der Waals surface area contributed by atoms with Crippen LogP contribution in [0, 0.1) is 5.92 Å². The third-order valence-electron chi connectivity index (χ3n) is 9.35. The molecule has 2 aliphatic heterocycles. The quantitative estimate of drug-likeness (QED) is 0.390. The molecule has 4 atom stereocenters. The number of nitrogens with two attached hydrogens (primary N) is 1. The minimum atomic E-state index is -2.75. The van der Waals surface area contributed by atoms with Crippen LogP contribution in [0.1, 0.15) is 83.7 Å². The molecule has 1 amide bonds. The third-order valence-corrected chi connectivity index (χ3v) is 9.35. The van der Waals surface area contributed by atoms with Crippen molar-refractivity contribution in [2.45, 2.75) is 62.1 Å². The average molecular weight is 527 g/mol. The molecule has 198 valence electrons. The van der Waals surface area contributed by atoms with Gasteiger partial charge in [0.15, 0.2) is 0 Å². The summed E-state index contributed by atoms with van der Waals surface area (Å²) in [4.78, 5) is 29.2. The Labute approximate surface area is 224 Å². The molecule has 2 fully saturated rings. The summed E-state index contributed by atoms with van der Waals surface area (Å²) in [5, 5.41) is 0. The highest BCUT2D eigenvalue weighted by Crippen LogP contribution is 2.54. The summed E-state index contributed by atoms with van der Waals surface area (Å²) >= 11 is 0. The van der Waals surface area contributed by atoms with Gasteiger partial charge in [-0.2, -0.15) is 0 Å². The maximum atomic E-state index is 13.6. The van der Waals surface area contributed by atoms with Gasteiger partial charge in [0, 0.05) is 49.8 Å². The van der Waals surface area contributed by atoms with E-state index < -0.39 is 24.3 Å². The zero-order valence-electron chi connectivity index (χ0n) is 21.7. The van der Waals surface area contributed by atoms with Crippen molar-refractivity contribution in [2.24, 2.45) is 11.7 Å². The van der Waals surface area contributed by atoms with Crippen LogP contribution in [0.5, 0.6) is 0 Å². The minimum absolute atomic E-state index is 0.0224. The van der Waals surface area contributed by atoms with Crippen molar-refractivity contribution in [3.8, 4) is 11.1 Å². The Morgan fingerprint density at radius 3 is 2.46 bits per heavy atom. The molecule has 4 heterocycles.